The number of hydrogen-bond donors (Lipinski definition) is 2. The Kier molecular flexibility index (Phi) is 8.37. The quantitative estimate of drug-likeness (QED) is 0.653. The molecule has 0 radical (unpaired) electrons. The molecule has 0 aromatic rings. The van der Waals surface area contributed by atoms with Gasteiger partial charge >= 0.3 is 5.97 Å². The highest BCUT2D eigenvalue weighted by atomic mass is 16.4. The van der Waals surface area contributed by atoms with Crippen LogP contribution >= 0.6 is 0 Å². The van der Waals surface area contributed by atoms with Gasteiger partial charge in [-0.15, -0.1) is 0 Å². The SMILES string of the molecule is CCN(CCC(=O)O)C(=O)C[C@@H](CN)CC(C)C. The van der Waals surface area contributed by atoms with Gasteiger partial charge in [0.2, 0.25) is 5.91 Å². The van der Waals surface area contributed by atoms with E-state index < -0.39 is 5.97 Å². The Labute approximate surface area is 109 Å². The van der Waals surface area contributed by atoms with Crippen molar-refractivity contribution in [3.05, 3.63) is 0 Å². The maximum absolute atomic E-state index is 12.0. The molecular formula is C13H26N2O3. The summed E-state index contributed by atoms with van der Waals surface area (Å²) < 4.78 is 0. The zero-order chi connectivity index (χ0) is 14.1. The number of aliphatic carboxylic acids is 1. The number of nitrogens with zero attached hydrogens (tertiary/aromatic N) is 1. The van der Waals surface area contributed by atoms with Gasteiger partial charge in [-0.25, -0.2) is 0 Å². The molecule has 18 heavy (non-hydrogen) atoms. The lowest BCUT2D eigenvalue weighted by Crippen LogP contribution is -2.35. The highest BCUT2D eigenvalue weighted by Gasteiger charge is 2.18. The molecule has 0 rings (SSSR count). The number of amides is 1. The van der Waals surface area contributed by atoms with Crippen LogP contribution in [0.3, 0.4) is 0 Å². The third-order valence-corrected chi connectivity index (χ3v) is 2.93. The van der Waals surface area contributed by atoms with Gasteiger partial charge in [-0.3, -0.25) is 9.59 Å². The largest absolute Gasteiger partial charge is 0.481 e. The van der Waals surface area contributed by atoms with Crippen molar-refractivity contribution in [3.8, 4) is 0 Å². The van der Waals surface area contributed by atoms with Gasteiger partial charge < -0.3 is 15.7 Å². The Morgan fingerprint density at radius 2 is 1.94 bits per heavy atom. The highest BCUT2D eigenvalue weighted by Crippen LogP contribution is 2.15. The monoisotopic (exact) mass is 258 g/mol. The molecule has 0 bridgehead atoms. The summed E-state index contributed by atoms with van der Waals surface area (Å²) in [6.45, 7) is 7.40. The minimum atomic E-state index is -0.876. The summed E-state index contributed by atoms with van der Waals surface area (Å²) in [6, 6.07) is 0. The van der Waals surface area contributed by atoms with Crippen LogP contribution in [0.15, 0.2) is 0 Å². The smallest absolute Gasteiger partial charge is 0.305 e. The van der Waals surface area contributed by atoms with Gasteiger partial charge in [0.05, 0.1) is 6.42 Å². The number of carbonyl (C=O) groups is 2. The van der Waals surface area contributed by atoms with Crippen molar-refractivity contribution in [3.63, 3.8) is 0 Å². The van der Waals surface area contributed by atoms with Crippen LogP contribution in [-0.4, -0.2) is 41.5 Å². The summed E-state index contributed by atoms with van der Waals surface area (Å²) >= 11 is 0. The molecule has 0 heterocycles. The minimum absolute atomic E-state index is 0.00292. The molecule has 0 saturated carbocycles. The third-order valence-electron chi connectivity index (χ3n) is 2.93. The fourth-order valence-corrected chi connectivity index (χ4v) is 2.00. The summed E-state index contributed by atoms with van der Waals surface area (Å²) in [7, 11) is 0. The number of carboxylic acid groups (broad SMARTS) is 1. The Hall–Kier alpha value is -1.10. The predicted molar refractivity (Wildman–Crippen MR) is 71.1 cm³/mol. The standard InChI is InChI=1S/C13H26N2O3/c1-4-15(6-5-13(17)18)12(16)8-11(9-14)7-10(2)3/h10-11H,4-9,14H2,1-3H3,(H,17,18)/t11-/m0/s1. The summed E-state index contributed by atoms with van der Waals surface area (Å²) in [5.41, 5.74) is 5.67. The lowest BCUT2D eigenvalue weighted by atomic mass is 9.94. The third kappa shape index (κ3) is 7.27. The summed E-state index contributed by atoms with van der Waals surface area (Å²) in [5.74, 6) is -0.162. The molecule has 0 aliphatic heterocycles. The fourth-order valence-electron chi connectivity index (χ4n) is 2.00. The molecule has 3 N–H and O–H groups in total. The maximum atomic E-state index is 12.0. The van der Waals surface area contributed by atoms with Crippen LogP contribution in [-0.2, 0) is 9.59 Å². The molecule has 0 unspecified atom stereocenters. The lowest BCUT2D eigenvalue weighted by Gasteiger charge is -2.23. The number of carboxylic acids is 1. The fraction of sp³-hybridized carbons (Fsp3) is 0.846. The zero-order valence-corrected chi connectivity index (χ0v) is 11.7. The highest BCUT2D eigenvalue weighted by molar-refractivity contribution is 5.77. The number of hydrogen-bond acceptors (Lipinski definition) is 3. The van der Waals surface area contributed by atoms with E-state index in [0.29, 0.717) is 25.4 Å². The van der Waals surface area contributed by atoms with Gasteiger partial charge in [-0.1, -0.05) is 13.8 Å². The van der Waals surface area contributed by atoms with Crippen LogP contribution < -0.4 is 5.73 Å². The molecule has 0 saturated heterocycles. The van der Waals surface area contributed by atoms with E-state index in [1.54, 1.807) is 4.90 Å². The first kappa shape index (κ1) is 16.9. The molecule has 0 aliphatic rings. The minimum Gasteiger partial charge on any atom is -0.481 e. The van der Waals surface area contributed by atoms with E-state index in [0.717, 1.165) is 6.42 Å². The van der Waals surface area contributed by atoms with Crippen molar-refractivity contribution < 1.29 is 14.7 Å². The zero-order valence-electron chi connectivity index (χ0n) is 11.7. The first-order chi connectivity index (χ1) is 8.40. The maximum Gasteiger partial charge on any atom is 0.305 e. The number of rotatable bonds is 9. The van der Waals surface area contributed by atoms with Gasteiger partial charge in [0.25, 0.3) is 0 Å². The summed E-state index contributed by atoms with van der Waals surface area (Å²) in [5, 5.41) is 8.63. The molecule has 0 aliphatic carbocycles. The predicted octanol–water partition coefficient (Wildman–Crippen LogP) is 1.32. The van der Waals surface area contributed by atoms with Crippen molar-refractivity contribution in [2.45, 2.75) is 40.0 Å². The second-order valence-corrected chi connectivity index (χ2v) is 5.05. The average Bonchev–Trinajstić information content (AvgIpc) is 2.27. The molecule has 0 aromatic carbocycles. The van der Waals surface area contributed by atoms with E-state index >= 15 is 0 Å². The molecule has 106 valence electrons. The Balaban J connectivity index is 4.27. The first-order valence-electron chi connectivity index (χ1n) is 6.60. The van der Waals surface area contributed by atoms with Gasteiger partial charge in [0, 0.05) is 19.5 Å². The average molecular weight is 258 g/mol. The second-order valence-electron chi connectivity index (χ2n) is 5.05. The molecule has 1 atom stereocenters. The Morgan fingerprint density at radius 1 is 1.33 bits per heavy atom. The van der Waals surface area contributed by atoms with E-state index in [9.17, 15) is 9.59 Å². The molecule has 1 amide bonds. The van der Waals surface area contributed by atoms with E-state index in [1.807, 2.05) is 6.92 Å². The Morgan fingerprint density at radius 3 is 2.33 bits per heavy atom. The molecule has 5 nitrogen and oxygen atoms in total. The summed E-state index contributed by atoms with van der Waals surface area (Å²) in [4.78, 5) is 24.1. The van der Waals surface area contributed by atoms with Gasteiger partial charge in [0.1, 0.15) is 0 Å². The van der Waals surface area contributed by atoms with Crippen molar-refractivity contribution in [1.29, 1.82) is 0 Å². The van der Waals surface area contributed by atoms with Crippen molar-refractivity contribution in [2.75, 3.05) is 19.6 Å². The van der Waals surface area contributed by atoms with Gasteiger partial charge in [-0.05, 0) is 31.7 Å². The molecular weight excluding hydrogens is 232 g/mol. The Bertz CT molecular complexity index is 267. The topological polar surface area (TPSA) is 83.6 Å². The molecule has 0 spiro atoms. The molecule has 5 heteroatoms. The summed E-state index contributed by atoms with van der Waals surface area (Å²) in [6.07, 6.45) is 1.35. The van der Waals surface area contributed by atoms with Crippen LogP contribution in [0.4, 0.5) is 0 Å². The van der Waals surface area contributed by atoms with E-state index in [-0.39, 0.29) is 24.8 Å². The van der Waals surface area contributed by atoms with E-state index in [2.05, 4.69) is 13.8 Å². The van der Waals surface area contributed by atoms with Crippen LogP contribution in [0.5, 0.6) is 0 Å². The second kappa shape index (κ2) is 8.91. The van der Waals surface area contributed by atoms with Gasteiger partial charge in [-0.2, -0.15) is 0 Å². The van der Waals surface area contributed by atoms with Crippen LogP contribution in [0, 0.1) is 11.8 Å². The number of carbonyl (C=O) groups excluding carboxylic acids is 1. The molecule has 0 fully saturated rings. The number of nitrogens with two attached hydrogens (primary N) is 1. The van der Waals surface area contributed by atoms with E-state index in [1.165, 1.54) is 0 Å². The van der Waals surface area contributed by atoms with Crippen LogP contribution in [0.1, 0.15) is 40.0 Å². The molecule has 0 aromatic heterocycles. The van der Waals surface area contributed by atoms with Crippen molar-refractivity contribution in [1.82, 2.24) is 4.90 Å². The van der Waals surface area contributed by atoms with Crippen molar-refractivity contribution >= 4 is 11.9 Å². The lowest BCUT2D eigenvalue weighted by molar-refractivity contribution is -0.138. The van der Waals surface area contributed by atoms with Gasteiger partial charge in [0.15, 0.2) is 0 Å². The first-order valence-corrected chi connectivity index (χ1v) is 6.60. The van der Waals surface area contributed by atoms with Crippen LogP contribution in [0.2, 0.25) is 0 Å². The van der Waals surface area contributed by atoms with Crippen molar-refractivity contribution in [2.24, 2.45) is 17.6 Å². The normalized spacial score (nSPS) is 12.5. The van der Waals surface area contributed by atoms with Crippen LogP contribution in [0.25, 0.3) is 0 Å². The van der Waals surface area contributed by atoms with E-state index in [4.69, 9.17) is 10.8 Å².